The smallest absolute Gasteiger partial charge is 0.118 e. The van der Waals surface area contributed by atoms with E-state index in [4.69, 9.17) is 15.2 Å². The maximum atomic E-state index is 6.21. The van der Waals surface area contributed by atoms with Crippen molar-refractivity contribution in [3.8, 4) is 5.75 Å². The van der Waals surface area contributed by atoms with Crippen molar-refractivity contribution in [3.05, 3.63) is 29.8 Å². The van der Waals surface area contributed by atoms with Gasteiger partial charge >= 0.3 is 0 Å². The molecule has 0 amide bonds. The van der Waals surface area contributed by atoms with E-state index in [1.807, 2.05) is 24.3 Å². The SMILES string of the molecule is CCC(N)C(OC(C)C(C)C)c1ccc(OC)cc1. The molecule has 1 rings (SSSR count). The summed E-state index contributed by atoms with van der Waals surface area (Å²) in [5, 5.41) is 0. The minimum Gasteiger partial charge on any atom is -0.497 e. The zero-order chi connectivity index (χ0) is 14.4. The average molecular weight is 265 g/mol. The van der Waals surface area contributed by atoms with Crippen LogP contribution in [0.2, 0.25) is 0 Å². The molecular formula is C16H27NO2. The number of benzene rings is 1. The normalized spacial score (nSPS) is 16.2. The fourth-order valence-electron chi connectivity index (χ4n) is 1.82. The summed E-state index contributed by atoms with van der Waals surface area (Å²) in [6, 6.07) is 7.98. The van der Waals surface area contributed by atoms with Crippen LogP contribution in [-0.2, 0) is 4.74 Å². The molecule has 108 valence electrons. The molecule has 3 nitrogen and oxygen atoms in total. The van der Waals surface area contributed by atoms with E-state index in [1.165, 1.54) is 0 Å². The fourth-order valence-corrected chi connectivity index (χ4v) is 1.82. The van der Waals surface area contributed by atoms with Crippen LogP contribution >= 0.6 is 0 Å². The van der Waals surface area contributed by atoms with E-state index in [0.29, 0.717) is 5.92 Å². The molecule has 2 N–H and O–H groups in total. The Kier molecular flexibility index (Phi) is 6.32. The van der Waals surface area contributed by atoms with Gasteiger partial charge in [0, 0.05) is 6.04 Å². The highest BCUT2D eigenvalue weighted by Gasteiger charge is 2.23. The predicted molar refractivity (Wildman–Crippen MR) is 79.4 cm³/mol. The molecule has 0 heterocycles. The highest BCUT2D eigenvalue weighted by molar-refractivity contribution is 5.29. The first-order valence-corrected chi connectivity index (χ1v) is 7.04. The van der Waals surface area contributed by atoms with Gasteiger partial charge in [0.05, 0.1) is 19.3 Å². The number of nitrogens with two attached hydrogens (primary N) is 1. The van der Waals surface area contributed by atoms with E-state index < -0.39 is 0 Å². The third-order valence-electron chi connectivity index (χ3n) is 3.60. The van der Waals surface area contributed by atoms with E-state index in [2.05, 4.69) is 27.7 Å². The van der Waals surface area contributed by atoms with E-state index in [-0.39, 0.29) is 18.2 Å². The molecule has 0 aliphatic rings. The van der Waals surface area contributed by atoms with Gasteiger partial charge in [-0.05, 0) is 37.0 Å². The molecule has 3 unspecified atom stereocenters. The van der Waals surface area contributed by atoms with E-state index in [0.717, 1.165) is 17.7 Å². The fraction of sp³-hybridized carbons (Fsp3) is 0.625. The van der Waals surface area contributed by atoms with Gasteiger partial charge in [-0.1, -0.05) is 32.9 Å². The van der Waals surface area contributed by atoms with Gasteiger partial charge in [0.2, 0.25) is 0 Å². The van der Waals surface area contributed by atoms with Crippen molar-refractivity contribution in [3.63, 3.8) is 0 Å². The molecule has 0 bridgehead atoms. The first-order valence-electron chi connectivity index (χ1n) is 7.04. The minimum absolute atomic E-state index is 0.00888. The molecule has 0 aromatic heterocycles. The molecule has 0 radical (unpaired) electrons. The molecule has 0 aliphatic heterocycles. The molecule has 0 fully saturated rings. The number of hydrogen-bond acceptors (Lipinski definition) is 3. The van der Waals surface area contributed by atoms with Crippen LogP contribution in [0.4, 0.5) is 0 Å². The number of ether oxygens (including phenoxy) is 2. The first-order chi connectivity index (χ1) is 8.99. The van der Waals surface area contributed by atoms with Crippen LogP contribution < -0.4 is 10.5 Å². The van der Waals surface area contributed by atoms with Gasteiger partial charge in [-0.2, -0.15) is 0 Å². The van der Waals surface area contributed by atoms with Crippen molar-refractivity contribution in [1.29, 1.82) is 0 Å². The number of hydrogen-bond donors (Lipinski definition) is 1. The molecule has 19 heavy (non-hydrogen) atoms. The second-order valence-electron chi connectivity index (χ2n) is 5.35. The summed E-state index contributed by atoms with van der Waals surface area (Å²) < 4.78 is 11.3. The summed E-state index contributed by atoms with van der Waals surface area (Å²) in [4.78, 5) is 0. The van der Waals surface area contributed by atoms with Crippen molar-refractivity contribution < 1.29 is 9.47 Å². The van der Waals surface area contributed by atoms with Gasteiger partial charge in [0.25, 0.3) is 0 Å². The van der Waals surface area contributed by atoms with Gasteiger partial charge in [0.15, 0.2) is 0 Å². The lowest BCUT2D eigenvalue weighted by atomic mass is 9.99. The summed E-state index contributed by atoms with van der Waals surface area (Å²) in [5.74, 6) is 1.33. The maximum Gasteiger partial charge on any atom is 0.118 e. The summed E-state index contributed by atoms with van der Waals surface area (Å²) >= 11 is 0. The summed E-state index contributed by atoms with van der Waals surface area (Å²) in [6.07, 6.45) is 1.01. The van der Waals surface area contributed by atoms with Crippen LogP contribution in [0.15, 0.2) is 24.3 Å². The molecule has 1 aromatic carbocycles. The topological polar surface area (TPSA) is 44.5 Å². The monoisotopic (exact) mass is 265 g/mol. The molecule has 1 aromatic rings. The predicted octanol–water partition coefficient (Wildman–Crippen LogP) is 3.53. The highest BCUT2D eigenvalue weighted by atomic mass is 16.5. The summed E-state index contributed by atoms with van der Waals surface area (Å²) in [6.45, 7) is 8.51. The van der Waals surface area contributed by atoms with Crippen LogP contribution in [0, 0.1) is 5.92 Å². The number of rotatable bonds is 7. The minimum atomic E-state index is -0.0618. The van der Waals surface area contributed by atoms with Gasteiger partial charge < -0.3 is 15.2 Å². The number of methoxy groups -OCH3 is 1. The van der Waals surface area contributed by atoms with E-state index in [1.54, 1.807) is 7.11 Å². The zero-order valence-electron chi connectivity index (χ0n) is 12.7. The van der Waals surface area contributed by atoms with Crippen molar-refractivity contribution in [2.24, 2.45) is 11.7 Å². The largest absolute Gasteiger partial charge is 0.497 e. The Morgan fingerprint density at radius 1 is 1.11 bits per heavy atom. The molecule has 0 saturated carbocycles. The molecule has 0 saturated heterocycles. The lowest BCUT2D eigenvalue weighted by Crippen LogP contribution is -2.33. The third-order valence-corrected chi connectivity index (χ3v) is 3.60. The van der Waals surface area contributed by atoms with Crippen LogP contribution in [0.5, 0.6) is 5.75 Å². The van der Waals surface area contributed by atoms with Gasteiger partial charge in [-0.25, -0.2) is 0 Å². The molecule has 3 heteroatoms. The standard InChI is InChI=1S/C16H27NO2/c1-6-15(17)16(19-12(4)11(2)3)13-7-9-14(18-5)10-8-13/h7-12,15-16H,6,17H2,1-5H3. The van der Waals surface area contributed by atoms with Crippen molar-refractivity contribution in [1.82, 2.24) is 0 Å². The Morgan fingerprint density at radius 3 is 2.11 bits per heavy atom. The zero-order valence-corrected chi connectivity index (χ0v) is 12.7. The van der Waals surface area contributed by atoms with Crippen LogP contribution in [-0.4, -0.2) is 19.3 Å². The van der Waals surface area contributed by atoms with Crippen LogP contribution in [0.3, 0.4) is 0 Å². The van der Waals surface area contributed by atoms with Gasteiger partial charge in [0.1, 0.15) is 5.75 Å². The molecule has 0 aliphatic carbocycles. The lowest BCUT2D eigenvalue weighted by molar-refractivity contribution is -0.0395. The first kappa shape index (κ1) is 16.0. The van der Waals surface area contributed by atoms with Gasteiger partial charge in [-0.15, -0.1) is 0 Å². The van der Waals surface area contributed by atoms with E-state index >= 15 is 0 Å². The quantitative estimate of drug-likeness (QED) is 0.820. The van der Waals surface area contributed by atoms with Gasteiger partial charge in [-0.3, -0.25) is 0 Å². The van der Waals surface area contributed by atoms with E-state index in [9.17, 15) is 0 Å². The molecular weight excluding hydrogens is 238 g/mol. The van der Waals surface area contributed by atoms with Crippen molar-refractivity contribution >= 4 is 0 Å². The highest BCUT2D eigenvalue weighted by Crippen LogP contribution is 2.27. The summed E-state index contributed by atoms with van der Waals surface area (Å²) in [7, 11) is 1.67. The maximum absolute atomic E-state index is 6.21. The van der Waals surface area contributed by atoms with Crippen LogP contribution in [0.25, 0.3) is 0 Å². The second kappa shape index (κ2) is 7.51. The Hall–Kier alpha value is -1.06. The average Bonchev–Trinajstić information content (AvgIpc) is 2.43. The Labute approximate surface area is 117 Å². The molecule has 3 atom stereocenters. The lowest BCUT2D eigenvalue weighted by Gasteiger charge is -2.29. The Bertz CT molecular complexity index is 362. The third kappa shape index (κ3) is 4.51. The Balaban J connectivity index is 2.89. The molecule has 0 spiro atoms. The Morgan fingerprint density at radius 2 is 1.68 bits per heavy atom. The van der Waals surface area contributed by atoms with Crippen molar-refractivity contribution in [2.45, 2.75) is 52.4 Å². The van der Waals surface area contributed by atoms with Crippen LogP contribution in [0.1, 0.15) is 45.8 Å². The summed E-state index contributed by atoms with van der Waals surface area (Å²) in [5.41, 5.74) is 7.33. The second-order valence-corrected chi connectivity index (χ2v) is 5.35. The van der Waals surface area contributed by atoms with Crippen molar-refractivity contribution in [2.75, 3.05) is 7.11 Å².